The lowest BCUT2D eigenvalue weighted by Gasteiger charge is -2.30. The van der Waals surface area contributed by atoms with Crippen molar-refractivity contribution in [2.75, 3.05) is 0 Å². The first-order valence-corrected chi connectivity index (χ1v) is 6.81. The maximum absolute atomic E-state index is 12.5. The Morgan fingerprint density at radius 3 is 2.42 bits per heavy atom. The molecule has 19 heavy (non-hydrogen) atoms. The molecule has 1 aliphatic carbocycles. The van der Waals surface area contributed by atoms with Crippen LogP contribution in [0.15, 0.2) is 24.3 Å². The van der Waals surface area contributed by atoms with E-state index >= 15 is 0 Å². The van der Waals surface area contributed by atoms with E-state index in [0.717, 1.165) is 6.54 Å². The van der Waals surface area contributed by atoms with Crippen molar-refractivity contribution >= 4 is 0 Å². The molecule has 1 saturated carbocycles. The lowest BCUT2D eigenvalue weighted by Crippen LogP contribution is -2.36. The molecule has 1 fully saturated rings. The van der Waals surface area contributed by atoms with E-state index in [0.29, 0.717) is 12.8 Å². The fourth-order valence-corrected chi connectivity index (χ4v) is 2.71. The Bertz CT molecular complexity index is 406. The van der Waals surface area contributed by atoms with E-state index in [1.165, 1.54) is 11.1 Å². The number of hydrogen-bond acceptors (Lipinski definition) is 1. The molecule has 0 spiro atoms. The molecule has 0 aromatic heterocycles. The Labute approximate surface area is 112 Å². The summed E-state index contributed by atoms with van der Waals surface area (Å²) in [6.45, 7) is 2.78. The molecule has 1 aromatic carbocycles. The van der Waals surface area contributed by atoms with Crippen LogP contribution in [-0.2, 0) is 6.54 Å². The number of nitrogens with one attached hydrogen (secondary N) is 1. The van der Waals surface area contributed by atoms with E-state index in [4.69, 9.17) is 0 Å². The fraction of sp³-hybridized carbons (Fsp3) is 0.600. The monoisotopic (exact) mass is 271 g/mol. The van der Waals surface area contributed by atoms with E-state index in [1.807, 2.05) is 25.1 Å². The van der Waals surface area contributed by atoms with Crippen LogP contribution in [0.2, 0.25) is 0 Å². The number of halogens is 3. The van der Waals surface area contributed by atoms with Crippen LogP contribution >= 0.6 is 0 Å². The van der Waals surface area contributed by atoms with Crippen LogP contribution in [0.1, 0.15) is 36.8 Å². The van der Waals surface area contributed by atoms with Gasteiger partial charge in [0.05, 0.1) is 5.92 Å². The van der Waals surface area contributed by atoms with E-state index in [9.17, 15) is 13.2 Å². The van der Waals surface area contributed by atoms with Crippen molar-refractivity contribution in [1.82, 2.24) is 5.32 Å². The smallest absolute Gasteiger partial charge is 0.310 e. The highest BCUT2D eigenvalue weighted by Gasteiger charge is 2.41. The third kappa shape index (κ3) is 4.23. The zero-order chi connectivity index (χ0) is 13.9. The molecular weight excluding hydrogens is 251 g/mol. The predicted octanol–water partition coefficient (Wildman–Crippen LogP) is 4.21. The zero-order valence-corrected chi connectivity index (χ0v) is 11.1. The van der Waals surface area contributed by atoms with Crippen molar-refractivity contribution in [3.8, 4) is 0 Å². The van der Waals surface area contributed by atoms with E-state index in [2.05, 4.69) is 11.4 Å². The maximum Gasteiger partial charge on any atom is 0.391 e. The van der Waals surface area contributed by atoms with Gasteiger partial charge in [0.1, 0.15) is 0 Å². The fourth-order valence-electron chi connectivity index (χ4n) is 2.71. The first-order chi connectivity index (χ1) is 8.95. The minimum Gasteiger partial charge on any atom is -0.310 e. The van der Waals surface area contributed by atoms with Gasteiger partial charge in [-0.15, -0.1) is 0 Å². The standard InChI is InChI=1S/C15H20F3N/c1-11-3-2-4-12(9-11)10-19-14-7-5-13(6-8-14)15(16,17)18/h2-4,9,13-14,19H,5-8,10H2,1H3. The normalized spacial score (nSPS) is 24.4. The number of rotatable bonds is 3. The molecule has 0 unspecified atom stereocenters. The number of benzene rings is 1. The van der Waals surface area contributed by atoms with Gasteiger partial charge in [0.25, 0.3) is 0 Å². The van der Waals surface area contributed by atoms with Crippen molar-refractivity contribution in [3.63, 3.8) is 0 Å². The van der Waals surface area contributed by atoms with Crippen LogP contribution in [0.4, 0.5) is 13.2 Å². The molecule has 106 valence electrons. The summed E-state index contributed by atoms with van der Waals surface area (Å²) in [5.74, 6) is -1.09. The van der Waals surface area contributed by atoms with E-state index in [-0.39, 0.29) is 18.9 Å². The summed E-state index contributed by atoms with van der Waals surface area (Å²) in [6.07, 6.45) is -2.25. The highest BCUT2D eigenvalue weighted by molar-refractivity contribution is 5.22. The number of aryl methyl sites for hydroxylation is 1. The molecule has 0 amide bonds. The lowest BCUT2D eigenvalue weighted by molar-refractivity contribution is -0.182. The van der Waals surface area contributed by atoms with Crippen LogP contribution < -0.4 is 5.32 Å². The van der Waals surface area contributed by atoms with Gasteiger partial charge in [-0.25, -0.2) is 0 Å². The molecule has 1 N–H and O–H groups in total. The second-order valence-electron chi connectivity index (χ2n) is 5.46. The van der Waals surface area contributed by atoms with Gasteiger partial charge >= 0.3 is 6.18 Å². The summed E-state index contributed by atoms with van der Waals surface area (Å²) >= 11 is 0. The molecule has 0 atom stereocenters. The second kappa shape index (κ2) is 5.95. The second-order valence-corrected chi connectivity index (χ2v) is 5.46. The minimum atomic E-state index is -4.01. The highest BCUT2D eigenvalue weighted by Crippen LogP contribution is 2.37. The molecule has 0 aliphatic heterocycles. The van der Waals surface area contributed by atoms with Gasteiger partial charge in [-0.05, 0) is 38.2 Å². The maximum atomic E-state index is 12.5. The third-order valence-corrected chi connectivity index (χ3v) is 3.87. The van der Waals surface area contributed by atoms with E-state index in [1.54, 1.807) is 0 Å². The van der Waals surface area contributed by atoms with Crippen molar-refractivity contribution in [3.05, 3.63) is 35.4 Å². The Kier molecular flexibility index (Phi) is 4.50. The molecule has 0 heterocycles. The summed E-state index contributed by atoms with van der Waals surface area (Å²) in [5, 5.41) is 3.37. The van der Waals surface area contributed by atoms with Crippen molar-refractivity contribution in [2.45, 2.75) is 51.4 Å². The largest absolute Gasteiger partial charge is 0.391 e. The molecule has 1 aromatic rings. The minimum absolute atomic E-state index is 0.221. The molecule has 1 nitrogen and oxygen atoms in total. The van der Waals surface area contributed by atoms with Gasteiger partial charge in [-0.3, -0.25) is 0 Å². The molecule has 0 bridgehead atoms. The molecule has 0 radical (unpaired) electrons. The van der Waals surface area contributed by atoms with Crippen LogP contribution in [0.5, 0.6) is 0 Å². The molecule has 4 heteroatoms. The zero-order valence-electron chi connectivity index (χ0n) is 11.1. The van der Waals surface area contributed by atoms with Crippen LogP contribution in [0, 0.1) is 12.8 Å². The van der Waals surface area contributed by atoms with Gasteiger partial charge in [0, 0.05) is 12.6 Å². The first-order valence-electron chi connectivity index (χ1n) is 6.81. The molecule has 1 aliphatic rings. The van der Waals surface area contributed by atoms with Crippen LogP contribution in [0.25, 0.3) is 0 Å². The van der Waals surface area contributed by atoms with Crippen molar-refractivity contribution < 1.29 is 13.2 Å². The Balaban J connectivity index is 1.77. The quantitative estimate of drug-likeness (QED) is 0.868. The highest BCUT2D eigenvalue weighted by atomic mass is 19.4. The number of hydrogen-bond donors (Lipinski definition) is 1. The van der Waals surface area contributed by atoms with Gasteiger partial charge in [-0.1, -0.05) is 29.8 Å². The average Bonchev–Trinajstić information content (AvgIpc) is 2.36. The molecule has 0 saturated heterocycles. The van der Waals surface area contributed by atoms with Gasteiger partial charge in [0.15, 0.2) is 0 Å². The Morgan fingerprint density at radius 2 is 1.84 bits per heavy atom. The average molecular weight is 271 g/mol. The Morgan fingerprint density at radius 1 is 1.16 bits per heavy atom. The lowest BCUT2D eigenvalue weighted by atomic mass is 9.85. The van der Waals surface area contributed by atoms with Gasteiger partial charge in [0.2, 0.25) is 0 Å². The number of alkyl halides is 3. The summed E-state index contributed by atoms with van der Waals surface area (Å²) in [7, 11) is 0. The van der Waals surface area contributed by atoms with Crippen molar-refractivity contribution in [2.24, 2.45) is 5.92 Å². The van der Waals surface area contributed by atoms with Gasteiger partial charge < -0.3 is 5.32 Å². The van der Waals surface area contributed by atoms with E-state index < -0.39 is 12.1 Å². The third-order valence-electron chi connectivity index (χ3n) is 3.87. The summed E-state index contributed by atoms with van der Waals surface area (Å²) in [6, 6.07) is 8.42. The SMILES string of the molecule is Cc1cccc(CNC2CCC(C(F)(F)F)CC2)c1. The van der Waals surface area contributed by atoms with Crippen LogP contribution in [0.3, 0.4) is 0 Å². The molecular formula is C15H20F3N. The van der Waals surface area contributed by atoms with Crippen LogP contribution in [-0.4, -0.2) is 12.2 Å². The van der Waals surface area contributed by atoms with Gasteiger partial charge in [-0.2, -0.15) is 13.2 Å². The Hall–Kier alpha value is -1.03. The first kappa shape index (κ1) is 14.4. The predicted molar refractivity (Wildman–Crippen MR) is 69.8 cm³/mol. The topological polar surface area (TPSA) is 12.0 Å². The summed E-state index contributed by atoms with van der Waals surface area (Å²) < 4.78 is 37.6. The summed E-state index contributed by atoms with van der Waals surface area (Å²) in [5.41, 5.74) is 2.40. The summed E-state index contributed by atoms with van der Waals surface area (Å²) in [4.78, 5) is 0. The molecule has 2 rings (SSSR count). The van der Waals surface area contributed by atoms with Crippen molar-refractivity contribution in [1.29, 1.82) is 0 Å².